The minimum absolute atomic E-state index is 0.0557. The molecule has 0 amide bonds. The molecule has 1 aromatic heterocycles. The van der Waals surface area contributed by atoms with E-state index in [9.17, 15) is 10.1 Å². The Kier molecular flexibility index (Phi) is 4.43. The number of nitrogens with one attached hydrogen (secondary N) is 1. The van der Waals surface area contributed by atoms with Gasteiger partial charge in [-0.3, -0.25) is 10.1 Å². The van der Waals surface area contributed by atoms with Gasteiger partial charge in [-0.15, -0.1) is 10.2 Å². The SMILES string of the molecule is O=[N+]([O-])c1cc(/C=N/Nn2cnnc2)ccc1N1CCOCC1. The van der Waals surface area contributed by atoms with Crippen LogP contribution in [0.4, 0.5) is 11.4 Å². The van der Waals surface area contributed by atoms with Crippen LogP contribution in [0.2, 0.25) is 0 Å². The van der Waals surface area contributed by atoms with Gasteiger partial charge in [-0.25, -0.2) is 10.2 Å². The number of rotatable bonds is 5. The zero-order valence-corrected chi connectivity index (χ0v) is 12.2. The number of nitro groups is 1. The highest BCUT2D eigenvalue weighted by molar-refractivity contribution is 5.83. The number of benzene rings is 1. The molecule has 2 heterocycles. The summed E-state index contributed by atoms with van der Waals surface area (Å²) in [6.45, 7) is 2.43. The first-order chi connectivity index (χ1) is 11.2. The maximum atomic E-state index is 11.3. The standard InChI is InChI=1S/C13H15N7O3/c21-20(22)13-7-11(8-14-17-19-9-15-16-10-19)1-2-12(13)18-3-5-23-6-4-18/h1-2,7-10,17H,3-6H2/b14-8+. The topological polar surface area (TPSA) is 111 Å². The fourth-order valence-corrected chi connectivity index (χ4v) is 2.26. The number of hydrazone groups is 1. The van der Waals surface area contributed by atoms with E-state index in [0.717, 1.165) is 0 Å². The second-order valence-corrected chi connectivity index (χ2v) is 4.83. The van der Waals surface area contributed by atoms with Gasteiger partial charge in [0.25, 0.3) is 5.69 Å². The van der Waals surface area contributed by atoms with E-state index in [1.807, 2.05) is 4.90 Å². The van der Waals surface area contributed by atoms with Crippen LogP contribution in [0, 0.1) is 10.1 Å². The van der Waals surface area contributed by atoms with E-state index in [4.69, 9.17) is 4.74 Å². The zero-order chi connectivity index (χ0) is 16.1. The van der Waals surface area contributed by atoms with Crippen molar-refractivity contribution >= 4 is 17.6 Å². The molecule has 0 bridgehead atoms. The average molecular weight is 317 g/mol. The lowest BCUT2D eigenvalue weighted by Crippen LogP contribution is -2.36. The molecule has 0 atom stereocenters. The molecule has 10 nitrogen and oxygen atoms in total. The fraction of sp³-hybridized carbons (Fsp3) is 0.308. The molecule has 3 rings (SSSR count). The lowest BCUT2D eigenvalue weighted by molar-refractivity contribution is -0.384. The van der Waals surface area contributed by atoms with Crippen molar-refractivity contribution in [3.63, 3.8) is 0 Å². The Hall–Kier alpha value is -3.01. The van der Waals surface area contributed by atoms with Crippen LogP contribution < -0.4 is 10.4 Å². The van der Waals surface area contributed by atoms with Crippen molar-refractivity contribution in [2.75, 3.05) is 36.7 Å². The van der Waals surface area contributed by atoms with Crippen molar-refractivity contribution in [1.82, 2.24) is 14.9 Å². The molecule has 0 unspecified atom stereocenters. The Labute approximate surface area is 131 Å². The van der Waals surface area contributed by atoms with Crippen LogP contribution in [0.25, 0.3) is 0 Å². The summed E-state index contributed by atoms with van der Waals surface area (Å²) in [6.07, 6.45) is 4.39. The van der Waals surface area contributed by atoms with E-state index in [1.165, 1.54) is 29.6 Å². The molecule has 10 heteroatoms. The van der Waals surface area contributed by atoms with Crippen LogP contribution >= 0.6 is 0 Å². The molecule has 23 heavy (non-hydrogen) atoms. The summed E-state index contributed by atoms with van der Waals surface area (Å²) in [5.74, 6) is 0. The molecule has 1 aromatic carbocycles. The molecule has 120 valence electrons. The minimum Gasteiger partial charge on any atom is -0.378 e. The van der Waals surface area contributed by atoms with Gasteiger partial charge in [0, 0.05) is 24.7 Å². The molecule has 1 fully saturated rings. The monoisotopic (exact) mass is 317 g/mol. The van der Waals surface area contributed by atoms with Gasteiger partial charge in [0.2, 0.25) is 0 Å². The number of anilines is 1. The highest BCUT2D eigenvalue weighted by atomic mass is 16.6. The molecule has 0 spiro atoms. The molecule has 0 saturated carbocycles. The quantitative estimate of drug-likeness (QED) is 0.488. The second kappa shape index (κ2) is 6.83. The molecular formula is C13H15N7O3. The number of morpholine rings is 1. The van der Waals surface area contributed by atoms with Crippen LogP contribution in [-0.4, -0.2) is 52.3 Å². The maximum absolute atomic E-state index is 11.3. The van der Waals surface area contributed by atoms with Crippen LogP contribution in [0.5, 0.6) is 0 Å². The average Bonchev–Trinajstić information content (AvgIpc) is 3.09. The van der Waals surface area contributed by atoms with Gasteiger partial charge in [-0.05, 0) is 6.07 Å². The van der Waals surface area contributed by atoms with Crippen LogP contribution in [0.3, 0.4) is 0 Å². The Morgan fingerprint density at radius 2 is 2.04 bits per heavy atom. The van der Waals surface area contributed by atoms with Gasteiger partial charge >= 0.3 is 0 Å². The Bertz CT molecular complexity index is 696. The summed E-state index contributed by atoms with van der Waals surface area (Å²) in [7, 11) is 0. The molecule has 1 aliphatic rings. The van der Waals surface area contributed by atoms with E-state index in [-0.39, 0.29) is 10.6 Å². The van der Waals surface area contributed by atoms with E-state index in [2.05, 4.69) is 20.8 Å². The van der Waals surface area contributed by atoms with Crippen molar-refractivity contribution in [3.8, 4) is 0 Å². The van der Waals surface area contributed by atoms with Crippen molar-refractivity contribution in [2.45, 2.75) is 0 Å². The van der Waals surface area contributed by atoms with Gasteiger partial charge in [-0.1, -0.05) is 6.07 Å². The smallest absolute Gasteiger partial charge is 0.293 e. The maximum Gasteiger partial charge on any atom is 0.293 e. The summed E-state index contributed by atoms with van der Waals surface area (Å²) >= 11 is 0. The minimum atomic E-state index is -0.380. The fourth-order valence-electron chi connectivity index (χ4n) is 2.26. The zero-order valence-electron chi connectivity index (χ0n) is 12.2. The van der Waals surface area contributed by atoms with Crippen LogP contribution in [-0.2, 0) is 4.74 Å². The largest absolute Gasteiger partial charge is 0.378 e. The third-order valence-corrected chi connectivity index (χ3v) is 3.35. The van der Waals surface area contributed by atoms with E-state index < -0.39 is 0 Å². The molecule has 1 aliphatic heterocycles. The van der Waals surface area contributed by atoms with Crippen molar-refractivity contribution in [2.24, 2.45) is 5.10 Å². The summed E-state index contributed by atoms with van der Waals surface area (Å²) in [5, 5.41) is 22.6. The number of ether oxygens (including phenoxy) is 1. The van der Waals surface area contributed by atoms with E-state index in [1.54, 1.807) is 12.1 Å². The van der Waals surface area contributed by atoms with Gasteiger partial charge < -0.3 is 9.64 Å². The third kappa shape index (κ3) is 3.61. The molecule has 0 radical (unpaired) electrons. The van der Waals surface area contributed by atoms with E-state index >= 15 is 0 Å². The molecule has 1 saturated heterocycles. The van der Waals surface area contributed by atoms with Crippen molar-refractivity contribution in [3.05, 3.63) is 46.5 Å². The van der Waals surface area contributed by atoms with Gasteiger partial charge in [0.1, 0.15) is 18.3 Å². The van der Waals surface area contributed by atoms with E-state index in [0.29, 0.717) is 37.6 Å². The van der Waals surface area contributed by atoms with Crippen molar-refractivity contribution in [1.29, 1.82) is 0 Å². The van der Waals surface area contributed by atoms with Crippen molar-refractivity contribution < 1.29 is 9.66 Å². The highest BCUT2D eigenvalue weighted by Gasteiger charge is 2.21. The number of hydrogen-bond donors (Lipinski definition) is 1. The van der Waals surface area contributed by atoms with Crippen LogP contribution in [0.1, 0.15) is 5.56 Å². The number of hydrogen-bond acceptors (Lipinski definition) is 8. The molecule has 2 aromatic rings. The predicted octanol–water partition coefficient (Wildman–Crippen LogP) is 0.600. The summed E-state index contributed by atoms with van der Waals surface area (Å²) in [6, 6.07) is 5.03. The first-order valence-corrected chi connectivity index (χ1v) is 6.99. The van der Waals surface area contributed by atoms with Gasteiger partial charge in [0.05, 0.1) is 24.4 Å². The predicted molar refractivity (Wildman–Crippen MR) is 83.1 cm³/mol. The molecule has 0 aliphatic carbocycles. The Balaban J connectivity index is 1.78. The highest BCUT2D eigenvalue weighted by Crippen LogP contribution is 2.29. The van der Waals surface area contributed by atoms with Gasteiger partial charge in [-0.2, -0.15) is 5.10 Å². The first-order valence-electron chi connectivity index (χ1n) is 6.99. The number of nitro benzene ring substituents is 1. The van der Waals surface area contributed by atoms with Crippen LogP contribution in [0.15, 0.2) is 36.0 Å². The normalized spacial score (nSPS) is 15.0. The summed E-state index contributed by atoms with van der Waals surface area (Å²) < 4.78 is 6.73. The molecular weight excluding hydrogens is 302 g/mol. The second-order valence-electron chi connectivity index (χ2n) is 4.83. The lowest BCUT2D eigenvalue weighted by Gasteiger charge is -2.28. The molecule has 1 N–H and O–H groups in total. The van der Waals surface area contributed by atoms with Gasteiger partial charge in [0.15, 0.2) is 0 Å². The lowest BCUT2D eigenvalue weighted by atomic mass is 10.1. The first kappa shape index (κ1) is 14.9. The summed E-state index contributed by atoms with van der Waals surface area (Å²) in [5.41, 5.74) is 3.94. The Morgan fingerprint density at radius 1 is 1.30 bits per heavy atom. The number of aromatic nitrogens is 3. The third-order valence-electron chi connectivity index (χ3n) is 3.35. The number of nitrogens with zero attached hydrogens (tertiary/aromatic N) is 6. The summed E-state index contributed by atoms with van der Waals surface area (Å²) in [4.78, 5) is 12.9. The Morgan fingerprint density at radius 3 is 2.74 bits per heavy atom.